The van der Waals surface area contributed by atoms with Crippen molar-refractivity contribution in [1.29, 1.82) is 0 Å². The number of nitrogens with zero attached hydrogens (tertiary/aromatic N) is 1. The molecular weight excluding hydrogens is 325 g/mol. The molecule has 2 aromatic rings. The van der Waals surface area contributed by atoms with Crippen LogP contribution in [0.3, 0.4) is 0 Å². The number of halogens is 2. The first-order valence-electron chi connectivity index (χ1n) is 6.71. The summed E-state index contributed by atoms with van der Waals surface area (Å²) in [5.74, 6) is 0.0188. The second-order valence-corrected chi connectivity index (χ2v) is 6.85. The second kappa shape index (κ2) is 7.41. The van der Waals surface area contributed by atoms with E-state index in [1.807, 2.05) is 24.9 Å². The van der Waals surface area contributed by atoms with E-state index >= 15 is 0 Å². The largest absolute Gasteiger partial charge is 0.296 e. The van der Waals surface area contributed by atoms with Crippen molar-refractivity contribution in [2.75, 3.05) is 13.6 Å². The number of likely N-dealkylation sites (N-methyl/N-ethyl adjacent to an activating group) is 1. The Morgan fingerprint density at radius 3 is 2.71 bits per heavy atom. The minimum atomic E-state index is -0.219. The molecule has 5 heteroatoms. The average molecular weight is 342 g/mol. The number of carbonyl (C=O) groups is 1. The fourth-order valence-electron chi connectivity index (χ4n) is 2.05. The highest BCUT2D eigenvalue weighted by molar-refractivity contribution is 7.09. The standard InChI is InChI=1S/C16H17Cl2NOS/c1-11(19(2)8-7-13-4-3-9-21-13)16(20)14-6-5-12(17)10-15(14)18/h3-6,9-11H,7-8H2,1-2H3. The van der Waals surface area contributed by atoms with Gasteiger partial charge < -0.3 is 0 Å². The van der Waals surface area contributed by atoms with Crippen molar-refractivity contribution >= 4 is 40.3 Å². The predicted octanol–water partition coefficient (Wildman–Crippen LogP) is 4.80. The third-order valence-electron chi connectivity index (χ3n) is 3.53. The van der Waals surface area contributed by atoms with E-state index in [1.54, 1.807) is 29.5 Å². The second-order valence-electron chi connectivity index (χ2n) is 4.97. The summed E-state index contributed by atoms with van der Waals surface area (Å²) in [5.41, 5.74) is 0.525. The topological polar surface area (TPSA) is 20.3 Å². The molecule has 112 valence electrons. The normalized spacial score (nSPS) is 12.6. The molecule has 0 aliphatic carbocycles. The fraction of sp³-hybridized carbons (Fsp3) is 0.312. The Bertz CT molecular complexity index is 613. The number of Topliss-reactive ketones (excluding diaryl/α,β-unsaturated/α-hetero) is 1. The maximum absolute atomic E-state index is 12.5. The van der Waals surface area contributed by atoms with Gasteiger partial charge in [-0.25, -0.2) is 0 Å². The van der Waals surface area contributed by atoms with E-state index in [1.165, 1.54) is 4.88 Å². The van der Waals surface area contributed by atoms with E-state index in [9.17, 15) is 4.79 Å². The maximum Gasteiger partial charge on any atom is 0.181 e. The van der Waals surface area contributed by atoms with Crippen molar-refractivity contribution in [2.45, 2.75) is 19.4 Å². The van der Waals surface area contributed by atoms with Crippen molar-refractivity contribution in [2.24, 2.45) is 0 Å². The molecule has 0 radical (unpaired) electrons. The number of carbonyl (C=O) groups excluding carboxylic acids is 1. The summed E-state index contributed by atoms with van der Waals surface area (Å²) in [7, 11) is 1.96. The molecule has 1 aromatic carbocycles. The number of hydrogen-bond acceptors (Lipinski definition) is 3. The molecule has 1 atom stereocenters. The minimum absolute atomic E-state index is 0.0188. The Hall–Kier alpha value is -0.870. The number of thiophene rings is 1. The first-order chi connectivity index (χ1) is 9.99. The molecule has 0 saturated heterocycles. The molecule has 0 saturated carbocycles. The van der Waals surface area contributed by atoms with Crippen LogP contribution in [0, 0.1) is 0 Å². The van der Waals surface area contributed by atoms with Gasteiger partial charge in [0.15, 0.2) is 5.78 Å². The Balaban J connectivity index is 2.00. The smallest absolute Gasteiger partial charge is 0.181 e. The van der Waals surface area contributed by atoms with E-state index < -0.39 is 0 Å². The lowest BCUT2D eigenvalue weighted by molar-refractivity contribution is 0.0870. The molecule has 0 N–H and O–H groups in total. The molecule has 0 bridgehead atoms. The quantitative estimate of drug-likeness (QED) is 0.703. The van der Waals surface area contributed by atoms with Crippen LogP contribution in [0.2, 0.25) is 10.0 Å². The van der Waals surface area contributed by atoms with Gasteiger partial charge in [-0.15, -0.1) is 11.3 Å². The number of rotatable bonds is 6. The lowest BCUT2D eigenvalue weighted by Crippen LogP contribution is -2.37. The third kappa shape index (κ3) is 4.30. The van der Waals surface area contributed by atoms with E-state index in [0.717, 1.165) is 13.0 Å². The Morgan fingerprint density at radius 2 is 2.10 bits per heavy atom. The molecule has 21 heavy (non-hydrogen) atoms. The summed E-state index contributed by atoms with van der Waals surface area (Å²) in [5, 5.41) is 3.01. The van der Waals surface area contributed by atoms with E-state index in [2.05, 4.69) is 11.4 Å². The Kier molecular flexibility index (Phi) is 5.82. The van der Waals surface area contributed by atoms with Crippen LogP contribution in [-0.4, -0.2) is 30.3 Å². The molecule has 0 fully saturated rings. The van der Waals surface area contributed by atoms with Crippen molar-refractivity contribution in [3.63, 3.8) is 0 Å². The van der Waals surface area contributed by atoms with Crippen LogP contribution in [0.1, 0.15) is 22.2 Å². The third-order valence-corrected chi connectivity index (χ3v) is 5.01. The lowest BCUT2D eigenvalue weighted by Gasteiger charge is -2.23. The first-order valence-corrected chi connectivity index (χ1v) is 8.34. The van der Waals surface area contributed by atoms with Gasteiger partial charge in [-0.3, -0.25) is 9.69 Å². The highest BCUT2D eigenvalue weighted by Crippen LogP contribution is 2.23. The summed E-state index contributed by atoms with van der Waals surface area (Å²) in [6.07, 6.45) is 0.945. The number of ketones is 1. The zero-order valence-electron chi connectivity index (χ0n) is 12.0. The van der Waals surface area contributed by atoms with Gasteiger partial charge in [0.05, 0.1) is 11.1 Å². The van der Waals surface area contributed by atoms with Gasteiger partial charge in [-0.05, 0) is 50.0 Å². The van der Waals surface area contributed by atoms with Crippen molar-refractivity contribution in [3.05, 3.63) is 56.2 Å². The van der Waals surface area contributed by atoms with Crippen LogP contribution in [0.4, 0.5) is 0 Å². The summed E-state index contributed by atoms with van der Waals surface area (Å²) in [4.78, 5) is 15.9. The van der Waals surface area contributed by atoms with Crippen LogP contribution < -0.4 is 0 Å². The molecule has 1 aromatic heterocycles. The van der Waals surface area contributed by atoms with Gasteiger partial charge in [-0.2, -0.15) is 0 Å². The average Bonchev–Trinajstić information content (AvgIpc) is 2.96. The molecule has 0 aliphatic heterocycles. The fourth-order valence-corrected chi connectivity index (χ4v) is 3.25. The minimum Gasteiger partial charge on any atom is -0.296 e. The molecule has 1 unspecified atom stereocenters. The van der Waals surface area contributed by atoms with Crippen molar-refractivity contribution in [3.8, 4) is 0 Å². The van der Waals surface area contributed by atoms with Crippen LogP contribution in [0.5, 0.6) is 0 Å². The Morgan fingerprint density at radius 1 is 1.33 bits per heavy atom. The zero-order chi connectivity index (χ0) is 15.4. The van der Waals surface area contributed by atoms with E-state index in [0.29, 0.717) is 15.6 Å². The van der Waals surface area contributed by atoms with Gasteiger partial charge in [0.1, 0.15) is 0 Å². The molecule has 0 aliphatic rings. The number of benzene rings is 1. The van der Waals surface area contributed by atoms with Gasteiger partial charge in [0, 0.05) is 22.0 Å². The zero-order valence-corrected chi connectivity index (χ0v) is 14.3. The summed E-state index contributed by atoms with van der Waals surface area (Å²) < 4.78 is 0. The van der Waals surface area contributed by atoms with E-state index in [4.69, 9.17) is 23.2 Å². The highest BCUT2D eigenvalue weighted by Gasteiger charge is 2.21. The monoisotopic (exact) mass is 341 g/mol. The van der Waals surface area contributed by atoms with E-state index in [-0.39, 0.29) is 11.8 Å². The first kappa shape index (κ1) is 16.5. The summed E-state index contributed by atoms with van der Waals surface area (Å²) in [6, 6.07) is 8.93. The van der Waals surface area contributed by atoms with Gasteiger partial charge in [0.25, 0.3) is 0 Å². The SMILES string of the molecule is CC(C(=O)c1ccc(Cl)cc1Cl)N(C)CCc1cccs1. The van der Waals surface area contributed by atoms with Gasteiger partial charge in [0.2, 0.25) is 0 Å². The van der Waals surface area contributed by atoms with Crippen LogP contribution in [0.25, 0.3) is 0 Å². The number of hydrogen-bond donors (Lipinski definition) is 0. The summed E-state index contributed by atoms with van der Waals surface area (Å²) in [6.45, 7) is 2.74. The van der Waals surface area contributed by atoms with Crippen LogP contribution >= 0.6 is 34.5 Å². The molecule has 0 spiro atoms. The van der Waals surface area contributed by atoms with Gasteiger partial charge in [-0.1, -0.05) is 29.3 Å². The Labute approximate surface area is 139 Å². The van der Waals surface area contributed by atoms with Crippen LogP contribution in [-0.2, 0) is 6.42 Å². The summed E-state index contributed by atoms with van der Waals surface area (Å²) >= 11 is 13.7. The predicted molar refractivity (Wildman–Crippen MR) is 90.9 cm³/mol. The highest BCUT2D eigenvalue weighted by atomic mass is 35.5. The molecule has 1 heterocycles. The molecule has 2 nitrogen and oxygen atoms in total. The van der Waals surface area contributed by atoms with Crippen molar-refractivity contribution in [1.82, 2.24) is 4.90 Å². The van der Waals surface area contributed by atoms with Crippen LogP contribution in [0.15, 0.2) is 35.7 Å². The van der Waals surface area contributed by atoms with Crippen molar-refractivity contribution < 1.29 is 4.79 Å². The lowest BCUT2D eigenvalue weighted by atomic mass is 10.0. The molecule has 0 amide bonds. The van der Waals surface area contributed by atoms with Gasteiger partial charge >= 0.3 is 0 Å². The molecule has 2 rings (SSSR count). The molecular formula is C16H17Cl2NOS. The maximum atomic E-state index is 12.5.